The molecule has 1 aliphatic rings. The van der Waals surface area contributed by atoms with Crippen LogP contribution in [0.4, 0.5) is 0 Å². The standard InChI is InChI=1S/C21H27N3O/c1-16-4-3-5-18(14-16)20-7-6-19(15-23-20)21(25)22-11-8-17-9-12-24(2)13-10-17/h3-7,14-15,17H,8-13H2,1-2H3,(H,22,25). The highest BCUT2D eigenvalue weighted by atomic mass is 16.1. The largest absolute Gasteiger partial charge is 0.352 e. The van der Waals surface area contributed by atoms with Gasteiger partial charge in [-0.3, -0.25) is 9.78 Å². The molecular weight excluding hydrogens is 310 g/mol. The Morgan fingerprint density at radius 2 is 2.04 bits per heavy atom. The van der Waals surface area contributed by atoms with Crippen LogP contribution in [0.3, 0.4) is 0 Å². The molecule has 0 spiro atoms. The highest BCUT2D eigenvalue weighted by Gasteiger charge is 2.16. The third-order valence-electron chi connectivity index (χ3n) is 5.02. The molecule has 1 aromatic carbocycles. The number of likely N-dealkylation sites (tertiary alicyclic amines) is 1. The molecule has 1 aromatic heterocycles. The molecule has 0 unspecified atom stereocenters. The van der Waals surface area contributed by atoms with Crippen molar-refractivity contribution in [2.45, 2.75) is 26.2 Å². The van der Waals surface area contributed by atoms with E-state index in [1.807, 2.05) is 24.3 Å². The van der Waals surface area contributed by atoms with Crippen LogP contribution in [0.25, 0.3) is 11.3 Å². The number of hydrogen-bond acceptors (Lipinski definition) is 3. The fourth-order valence-corrected chi connectivity index (χ4v) is 3.35. The van der Waals surface area contributed by atoms with Gasteiger partial charge in [-0.05, 0) is 70.4 Å². The lowest BCUT2D eigenvalue weighted by molar-refractivity contribution is 0.0948. The molecule has 2 aromatic rings. The number of aryl methyl sites for hydroxylation is 1. The summed E-state index contributed by atoms with van der Waals surface area (Å²) < 4.78 is 0. The maximum absolute atomic E-state index is 12.3. The Morgan fingerprint density at radius 3 is 2.72 bits per heavy atom. The zero-order valence-corrected chi connectivity index (χ0v) is 15.2. The van der Waals surface area contributed by atoms with Gasteiger partial charge in [0, 0.05) is 18.3 Å². The SMILES string of the molecule is Cc1cccc(-c2ccc(C(=O)NCCC3CCN(C)CC3)cn2)c1. The smallest absolute Gasteiger partial charge is 0.252 e. The summed E-state index contributed by atoms with van der Waals surface area (Å²) in [6.07, 6.45) is 5.20. The second-order valence-electron chi connectivity index (χ2n) is 7.09. The summed E-state index contributed by atoms with van der Waals surface area (Å²) in [6.45, 7) is 5.15. The number of carbonyl (C=O) groups excluding carboxylic acids is 1. The van der Waals surface area contributed by atoms with Gasteiger partial charge in [0.25, 0.3) is 5.91 Å². The normalized spacial score (nSPS) is 15.9. The van der Waals surface area contributed by atoms with Crippen molar-refractivity contribution >= 4 is 5.91 Å². The van der Waals surface area contributed by atoms with Gasteiger partial charge in [-0.2, -0.15) is 0 Å². The minimum Gasteiger partial charge on any atom is -0.352 e. The number of aromatic nitrogens is 1. The van der Waals surface area contributed by atoms with Crippen LogP contribution in [0.1, 0.15) is 35.2 Å². The van der Waals surface area contributed by atoms with E-state index in [4.69, 9.17) is 0 Å². The summed E-state index contributed by atoms with van der Waals surface area (Å²) in [6, 6.07) is 12.0. The summed E-state index contributed by atoms with van der Waals surface area (Å²) >= 11 is 0. The van der Waals surface area contributed by atoms with Crippen molar-refractivity contribution in [3.63, 3.8) is 0 Å². The minimum atomic E-state index is -0.0313. The van der Waals surface area contributed by atoms with Gasteiger partial charge < -0.3 is 10.2 Å². The maximum Gasteiger partial charge on any atom is 0.252 e. The van der Waals surface area contributed by atoms with Crippen LogP contribution in [0.15, 0.2) is 42.6 Å². The molecule has 4 heteroatoms. The predicted octanol–water partition coefficient (Wildman–Crippen LogP) is 3.52. The second kappa shape index (κ2) is 8.26. The number of piperidine rings is 1. The van der Waals surface area contributed by atoms with E-state index < -0.39 is 0 Å². The fourth-order valence-electron chi connectivity index (χ4n) is 3.35. The average molecular weight is 337 g/mol. The van der Waals surface area contributed by atoms with Crippen LogP contribution in [-0.4, -0.2) is 42.5 Å². The van der Waals surface area contributed by atoms with Gasteiger partial charge in [0.1, 0.15) is 0 Å². The monoisotopic (exact) mass is 337 g/mol. The number of rotatable bonds is 5. The highest BCUT2D eigenvalue weighted by Crippen LogP contribution is 2.19. The molecule has 1 amide bonds. The van der Waals surface area contributed by atoms with Crippen molar-refractivity contribution in [2.75, 3.05) is 26.7 Å². The Kier molecular flexibility index (Phi) is 5.82. The first-order valence-electron chi connectivity index (χ1n) is 9.11. The van der Waals surface area contributed by atoms with Gasteiger partial charge in [-0.1, -0.05) is 23.8 Å². The summed E-state index contributed by atoms with van der Waals surface area (Å²) in [7, 11) is 2.17. The second-order valence-corrected chi connectivity index (χ2v) is 7.09. The lowest BCUT2D eigenvalue weighted by Gasteiger charge is -2.28. The first-order chi connectivity index (χ1) is 12.1. The molecule has 2 heterocycles. The average Bonchev–Trinajstić information content (AvgIpc) is 2.63. The molecule has 0 aliphatic carbocycles. The molecule has 4 nitrogen and oxygen atoms in total. The van der Waals surface area contributed by atoms with Crippen molar-refractivity contribution in [3.8, 4) is 11.3 Å². The molecule has 0 atom stereocenters. The zero-order chi connectivity index (χ0) is 17.6. The highest BCUT2D eigenvalue weighted by molar-refractivity contribution is 5.94. The van der Waals surface area contributed by atoms with Crippen molar-refractivity contribution in [1.29, 1.82) is 0 Å². The van der Waals surface area contributed by atoms with Crippen molar-refractivity contribution in [3.05, 3.63) is 53.7 Å². The van der Waals surface area contributed by atoms with E-state index in [0.29, 0.717) is 5.56 Å². The number of hydrogen-bond donors (Lipinski definition) is 1. The van der Waals surface area contributed by atoms with Gasteiger partial charge in [0.15, 0.2) is 0 Å². The van der Waals surface area contributed by atoms with Crippen molar-refractivity contribution in [2.24, 2.45) is 5.92 Å². The molecule has 132 valence electrons. The van der Waals surface area contributed by atoms with E-state index in [9.17, 15) is 4.79 Å². The van der Waals surface area contributed by atoms with E-state index >= 15 is 0 Å². The van der Waals surface area contributed by atoms with Gasteiger partial charge in [0.2, 0.25) is 0 Å². The van der Waals surface area contributed by atoms with E-state index in [0.717, 1.165) is 30.1 Å². The van der Waals surface area contributed by atoms with Gasteiger partial charge in [0.05, 0.1) is 11.3 Å². The molecular formula is C21H27N3O. The quantitative estimate of drug-likeness (QED) is 0.908. The maximum atomic E-state index is 12.3. The minimum absolute atomic E-state index is 0.0313. The summed E-state index contributed by atoms with van der Waals surface area (Å²) in [5.41, 5.74) is 3.80. The van der Waals surface area contributed by atoms with E-state index in [1.165, 1.54) is 31.5 Å². The predicted molar refractivity (Wildman–Crippen MR) is 102 cm³/mol. The molecule has 1 N–H and O–H groups in total. The van der Waals surface area contributed by atoms with E-state index in [-0.39, 0.29) is 5.91 Å². The zero-order valence-electron chi connectivity index (χ0n) is 15.2. The lowest BCUT2D eigenvalue weighted by atomic mass is 9.94. The Labute approximate surface area is 150 Å². The summed E-state index contributed by atoms with van der Waals surface area (Å²) in [5, 5.41) is 3.03. The molecule has 25 heavy (non-hydrogen) atoms. The third-order valence-corrected chi connectivity index (χ3v) is 5.02. The molecule has 1 fully saturated rings. The Hall–Kier alpha value is -2.20. The summed E-state index contributed by atoms with van der Waals surface area (Å²) in [5.74, 6) is 0.703. The van der Waals surface area contributed by atoms with Crippen LogP contribution < -0.4 is 5.32 Å². The molecule has 1 aliphatic heterocycles. The van der Waals surface area contributed by atoms with Crippen LogP contribution in [0, 0.1) is 12.8 Å². The summed E-state index contributed by atoms with van der Waals surface area (Å²) in [4.78, 5) is 19.1. The van der Waals surface area contributed by atoms with Crippen LogP contribution in [-0.2, 0) is 0 Å². The number of benzene rings is 1. The Bertz CT molecular complexity index is 703. The van der Waals surface area contributed by atoms with Crippen LogP contribution >= 0.6 is 0 Å². The van der Waals surface area contributed by atoms with Crippen LogP contribution in [0.2, 0.25) is 0 Å². The number of amides is 1. The van der Waals surface area contributed by atoms with Gasteiger partial charge in [-0.15, -0.1) is 0 Å². The first-order valence-corrected chi connectivity index (χ1v) is 9.11. The number of nitrogens with zero attached hydrogens (tertiary/aromatic N) is 2. The number of pyridine rings is 1. The van der Waals surface area contributed by atoms with E-state index in [2.05, 4.69) is 41.3 Å². The fraction of sp³-hybridized carbons (Fsp3) is 0.429. The van der Waals surface area contributed by atoms with Crippen molar-refractivity contribution in [1.82, 2.24) is 15.2 Å². The molecule has 0 bridgehead atoms. The van der Waals surface area contributed by atoms with Crippen LogP contribution in [0.5, 0.6) is 0 Å². The number of carbonyl (C=O) groups is 1. The molecule has 0 saturated carbocycles. The number of nitrogens with one attached hydrogen (secondary N) is 1. The third kappa shape index (κ3) is 4.89. The van der Waals surface area contributed by atoms with Gasteiger partial charge in [-0.25, -0.2) is 0 Å². The first kappa shape index (κ1) is 17.6. The van der Waals surface area contributed by atoms with Gasteiger partial charge >= 0.3 is 0 Å². The van der Waals surface area contributed by atoms with E-state index in [1.54, 1.807) is 6.20 Å². The molecule has 1 saturated heterocycles. The lowest BCUT2D eigenvalue weighted by Crippen LogP contribution is -2.32. The topological polar surface area (TPSA) is 45.2 Å². The molecule has 3 rings (SSSR count). The van der Waals surface area contributed by atoms with Crippen molar-refractivity contribution < 1.29 is 4.79 Å². The molecule has 0 radical (unpaired) electrons. The Morgan fingerprint density at radius 1 is 1.24 bits per heavy atom. The Balaban J connectivity index is 1.51.